The molecule has 102 valence electrons. The number of nitrogens with zero attached hydrogens (tertiary/aromatic N) is 3. The first kappa shape index (κ1) is 13.7. The lowest BCUT2D eigenvalue weighted by Gasteiger charge is -2.07. The average Bonchev–Trinajstić information content (AvgIpc) is 2.39. The highest BCUT2D eigenvalue weighted by Gasteiger charge is 2.05. The molecular formula is C13H10F2N4O. The minimum absolute atomic E-state index is 0.0634. The van der Waals surface area contributed by atoms with Crippen molar-refractivity contribution in [2.45, 2.75) is 13.5 Å². The lowest BCUT2D eigenvalue weighted by atomic mass is 10.3. The lowest BCUT2D eigenvalue weighted by Crippen LogP contribution is -2.02. The van der Waals surface area contributed by atoms with E-state index >= 15 is 0 Å². The SMILES string of the molecule is Cc1cc(C#N)nc(Nc2ccc(OC(F)F)cc2)n1. The summed E-state index contributed by atoms with van der Waals surface area (Å²) in [5.74, 6) is 0.331. The molecule has 1 heterocycles. The number of benzene rings is 1. The average molecular weight is 276 g/mol. The number of ether oxygens (including phenoxy) is 1. The number of aromatic nitrogens is 2. The van der Waals surface area contributed by atoms with E-state index in [-0.39, 0.29) is 17.4 Å². The molecule has 5 nitrogen and oxygen atoms in total. The quantitative estimate of drug-likeness (QED) is 0.929. The molecular weight excluding hydrogens is 266 g/mol. The summed E-state index contributed by atoms with van der Waals surface area (Å²) >= 11 is 0. The molecule has 2 rings (SSSR count). The van der Waals surface area contributed by atoms with Crippen molar-refractivity contribution in [3.63, 3.8) is 0 Å². The van der Waals surface area contributed by atoms with E-state index in [2.05, 4.69) is 20.0 Å². The second-order valence-corrected chi connectivity index (χ2v) is 3.86. The van der Waals surface area contributed by atoms with Crippen molar-refractivity contribution in [2.24, 2.45) is 0 Å². The lowest BCUT2D eigenvalue weighted by molar-refractivity contribution is -0.0498. The zero-order chi connectivity index (χ0) is 14.5. The molecule has 2 aromatic rings. The Morgan fingerprint density at radius 2 is 1.95 bits per heavy atom. The molecule has 1 aromatic carbocycles. The van der Waals surface area contributed by atoms with E-state index in [4.69, 9.17) is 5.26 Å². The molecule has 0 unspecified atom stereocenters. The van der Waals surface area contributed by atoms with Crippen LogP contribution < -0.4 is 10.1 Å². The maximum atomic E-state index is 12.0. The Kier molecular flexibility index (Phi) is 4.05. The standard InChI is InChI=1S/C13H10F2N4O/c1-8-6-10(7-16)19-13(17-8)18-9-2-4-11(5-3-9)20-12(14)15/h2-6,12H,1H3,(H,17,18,19). The van der Waals surface area contributed by atoms with Gasteiger partial charge >= 0.3 is 6.61 Å². The molecule has 7 heteroatoms. The molecule has 0 bridgehead atoms. The Hall–Kier alpha value is -2.75. The molecule has 1 N–H and O–H groups in total. The summed E-state index contributed by atoms with van der Waals surface area (Å²) in [5.41, 5.74) is 1.50. The Bertz CT molecular complexity index is 638. The topological polar surface area (TPSA) is 70.8 Å². The van der Waals surface area contributed by atoms with Gasteiger partial charge in [0.15, 0.2) is 0 Å². The molecule has 20 heavy (non-hydrogen) atoms. The van der Waals surface area contributed by atoms with Crippen molar-refractivity contribution < 1.29 is 13.5 Å². The van der Waals surface area contributed by atoms with Crippen LogP contribution >= 0.6 is 0 Å². The molecule has 0 aliphatic heterocycles. The minimum atomic E-state index is -2.85. The second-order valence-electron chi connectivity index (χ2n) is 3.86. The number of nitriles is 1. The van der Waals surface area contributed by atoms with Crippen LogP contribution in [0.2, 0.25) is 0 Å². The van der Waals surface area contributed by atoms with Crippen molar-refractivity contribution in [1.29, 1.82) is 5.26 Å². The van der Waals surface area contributed by atoms with Gasteiger partial charge in [-0.05, 0) is 37.3 Å². The summed E-state index contributed by atoms with van der Waals surface area (Å²) in [6.07, 6.45) is 0. The predicted molar refractivity (Wildman–Crippen MR) is 67.8 cm³/mol. The Labute approximate surface area is 113 Å². The van der Waals surface area contributed by atoms with Gasteiger partial charge in [0.1, 0.15) is 17.5 Å². The van der Waals surface area contributed by atoms with Crippen molar-refractivity contribution in [3.05, 3.63) is 41.7 Å². The number of halogens is 2. The first-order chi connectivity index (χ1) is 9.56. The normalized spacial score (nSPS) is 10.2. The molecule has 0 aliphatic carbocycles. The van der Waals surface area contributed by atoms with Gasteiger partial charge in [-0.1, -0.05) is 0 Å². The summed E-state index contributed by atoms with van der Waals surface area (Å²) in [7, 11) is 0. The summed E-state index contributed by atoms with van der Waals surface area (Å²) in [6, 6.07) is 9.39. The van der Waals surface area contributed by atoms with Crippen LogP contribution in [0.1, 0.15) is 11.4 Å². The number of aryl methyl sites for hydroxylation is 1. The summed E-state index contributed by atoms with van der Waals surface area (Å²) in [4.78, 5) is 8.11. The van der Waals surface area contributed by atoms with Crippen LogP contribution in [0.5, 0.6) is 5.75 Å². The largest absolute Gasteiger partial charge is 0.435 e. The molecule has 1 aromatic heterocycles. The van der Waals surface area contributed by atoms with Crippen LogP contribution in [0.4, 0.5) is 20.4 Å². The van der Waals surface area contributed by atoms with E-state index in [1.807, 2.05) is 6.07 Å². The number of hydrogen-bond acceptors (Lipinski definition) is 5. The Balaban J connectivity index is 2.14. The molecule has 0 saturated carbocycles. The fraction of sp³-hybridized carbons (Fsp3) is 0.154. The third-order valence-corrected chi connectivity index (χ3v) is 2.30. The van der Waals surface area contributed by atoms with Gasteiger partial charge in [0.2, 0.25) is 5.95 Å². The molecule has 0 fully saturated rings. The highest BCUT2D eigenvalue weighted by Crippen LogP contribution is 2.19. The molecule has 0 atom stereocenters. The number of anilines is 2. The van der Waals surface area contributed by atoms with Gasteiger partial charge in [-0.25, -0.2) is 9.97 Å². The van der Waals surface area contributed by atoms with Gasteiger partial charge in [-0.2, -0.15) is 14.0 Å². The summed E-state index contributed by atoms with van der Waals surface area (Å²) < 4.78 is 28.3. The van der Waals surface area contributed by atoms with Crippen molar-refractivity contribution >= 4 is 11.6 Å². The van der Waals surface area contributed by atoms with Gasteiger partial charge in [-0.15, -0.1) is 0 Å². The maximum absolute atomic E-state index is 12.0. The molecule has 0 spiro atoms. The first-order valence-electron chi connectivity index (χ1n) is 5.64. The Morgan fingerprint density at radius 1 is 1.25 bits per heavy atom. The third kappa shape index (κ3) is 3.62. The van der Waals surface area contributed by atoms with Crippen LogP contribution in [0.15, 0.2) is 30.3 Å². The van der Waals surface area contributed by atoms with Gasteiger partial charge in [0.25, 0.3) is 0 Å². The van der Waals surface area contributed by atoms with E-state index in [0.29, 0.717) is 11.4 Å². The predicted octanol–water partition coefficient (Wildman–Crippen LogP) is 3.00. The third-order valence-electron chi connectivity index (χ3n) is 2.30. The van der Waals surface area contributed by atoms with Crippen LogP contribution in [-0.2, 0) is 0 Å². The van der Waals surface area contributed by atoms with Crippen molar-refractivity contribution in [1.82, 2.24) is 9.97 Å². The van der Waals surface area contributed by atoms with Gasteiger partial charge < -0.3 is 10.1 Å². The van der Waals surface area contributed by atoms with E-state index in [0.717, 1.165) is 0 Å². The van der Waals surface area contributed by atoms with Crippen molar-refractivity contribution in [2.75, 3.05) is 5.32 Å². The fourth-order valence-electron chi connectivity index (χ4n) is 1.53. The second kappa shape index (κ2) is 5.93. The van der Waals surface area contributed by atoms with Gasteiger partial charge in [0, 0.05) is 11.4 Å². The van der Waals surface area contributed by atoms with E-state index in [9.17, 15) is 8.78 Å². The van der Waals surface area contributed by atoms with Gasteiger partial charge in [0.05, 0.1) is 0 Å². The molecule has 0 saturated heterocycles. The first-order valence-corrected chi connectivity index (χ1v) is 5.64. The number of rotatable bonds is 4. The molecule has 0 radical (unpaired) electrons. The smallest absolute Gasteiger partial charge is 0.387 e. The highest BCUT2D eigenvalue weighted by molar-refractivity contribution is 5.55. The maximum Gasteiger partial charge on any atom is 0.387 e. The molecule has 0 aliphatic rings. The van der Waals surface area contributed by atoms with E-state index < -0.39 is 6.61 Å². The van der Waals surface area contributed by atoms with Crippen LogP contribution in [0, 0.1) is 18.3 Å². The number of alkyl halides is 2. The number of nitrogens with one attached hydrogen (secondary N) is 1. The Morgan fingerprint density at radius 3 is 2.55 bits per heavy atom. The van der Waals surface area contributed by atoms with Gasteiger partial charge in [-0.3, -0.25) is 0 Å². The summed E-state index contributed by atoms with van der Waals surface area (Å²) in [5, 5.41) is 11.7. The zero-order valence-electron chi connectivity index (χ0n) is 10.5. The van der Waals surface area contributed by atoms with Crippen LogP contribution in [-0.4, -0.2) is 16.6 Å². The summed E-state index contributed by atoms with van der Waals surface area (Å²) in [6.45, 7) is -1.11. The molecule has 0 amide bonds. The van der Waals surface area contributed by atoms with E-state index in [1.54, 1.807) is 25.1 Å². The minimum Gasteiger partial charge on any atom is -0.435 e. The monoisotopic (exact) mass is 276 g/mol. The van der Waals surface area contributed by atoms with E-state index in [1.165, 1.54) is 12.1 Å². The van der Waals surface area contributed by atoms with Crippen molar-refractivity contribution in [3.8, 4) is 11.8 Å². The zero-order valence-corrected chi connectivity index (χ0v) is 10.5. The van der Waals surface area contributed by atoms with Crippen LogP contribution in [0.25, 0.3) is 0 Å². The highest BCUT2D eigenvalue weighted by atomic mass is 19.3. The van der Waals surface area contributed by atoms with Crippen LogP contribution in [0.3, 0.4) is 0 Å². The fourth-order valence-corrected chi connectivity index (χ4v) is 1.53. The number of hydrogen-bond donors (Lipinski definition) is 1.